The van der Waals surface area contributed by atoms with Crippen molar-refractivity contribution in [3.63, 3.8) is 0 Å². The van der Waals surface area contributed by atoms with Crippen LogP contribution in [0.2, 0.25) is 0 Å². The first kappa shape index (κ1) is 15.7. The van der Waals surface area contributed by atoms with Crippen molar-refractivity contribution < 1.29 is 4.79 Å². The van der Waals surface area contributed by atoms with E-state index in [0.717, 1.165) is 18.7 Å². The molecule has 23 heavy (non-hydrogen) atoms. The number of para-hydroxylation sites is 1. The lowest BCUT2D eigenvalue weighted by molar-refractivity contribution is -0.122. The van der Waals surface area contributed by atoms with E-state index < -0.39 is 0 Å². The summed E-state index contributed by atoms with van der Waals surface area (Å²) in [4.78, 5) is 18.5. The molecule has 1 aromatic carbocycles. The number of likely N-dealkylation sites (tertiary alicyclic amines) is 1. The molecule has 1 aromatic rings. The van der Waals surface area contributed by atoms with Crippen LogP contribution < -0.4 is 4.90 Å². The summed E-state index contributed by atoms with van der Waals surface area (Å²) in [5.74, 6) is -0.0288. The summed E-state index contributed by atoms with van der Waals surface area (Å²) in [5, 5.41) is 0.549. The van der Waals surface area contributed by atoms with Gasteiger partial charge in [0.2, 0.25) is 0 Å². The molecule has 0 N–H and O–H groups in total. The second-order valence-corrected chi connectivity index (χ2v) is 6.10. The Morgan fingerprint density at radius 2 is 1.96 bits per heavy atom. The molecule has 0 atom stereocenters. The Bertz CT molecular complexity index is 681. The molecule has 0 spiro atoms. The number of thiocarbonyl (C=S) groups is 1. The third kappa shape index (κ3) is 2.88. The molecule has 2 saturated heterocycles. The first-order chi connectivity index (χ1) is 11.1. The van der Waals surface area contributed by atoms with Crippen molar-refractivity contribution >= 4 is 28.9 Å². The van der Waals surface area contributed by atoms with Gasteiger partial charge in [-0.25, -0.2) is 0 Å². The van der Waals surface area contributed by atoms with Crippen molar-refractivity contribution in [3.05, 3.63) is 53.9 Å². The van der Waals surface area contributed by atoms with Gasteiger partial charge in [-0.2, -0.15) is 0 Å². The van der Waals surface area contributed by atoms with Crippen molar-refractivity contribution in [2.24, 2.45) is 0 Å². The number of carbonyl (C=O) groups is 1. The summed E-state index contributed by atoms with van der Waals surface area (Å²) in [6.07, 6.45) is 6.19. The standard InChI is InChI=1S/C18H21N3OS/c1-3-20-17(22)16(12-11-14-10-7-13-19(14)2)21(18(20)23)15-8-5-4-6-9-15/h4-6,8-9,11-12H,3,7,10,13H2,1-2H3/b14-11+,16-12-. The maximum absolute atomic E-state index is 12.7. The summed E-state index contributed by atoms with van der Waals surface area (Å²) < 4.78 is 0. The van der Waals surface area contributed by atoms with Crippen LogP contribution in [-0.2, 0) is 4.79 Å². The fourth-order valence-electron chi connectivity index (χ4n) is 3.01. The van der Waals surface area contributed by atoms with Gasteiger partial charge in [0, 0.05) is 31.5 Å². The molecule has 120 valence electrons. The highest BCUT2D eigenvalue weighted by molar-refractivity contribution is 7.80. The van der Waals surface area contributed by atoms with E-state index in [-0.39, 0.29) is 5.91 Å². The van der Waals surface area contributed by atoms with E-state index in [4.69, 9.17) is 12.2 Å². The molecule has 4 nitrogen and oxygen atoms in total. The van der Waals surface area contributed by atoms with Gasteiger partial charge in [0.15, 0.2) is 5.11 Å². The normalized spacial score (nSPS) is 22.1. The molecule has 0 aliphatic carbocycles. The molecule has 3 rings (SSSR count). The molecule has 0 radical (unpaired) electrons. The van der Waals surface area contributed by atoms with Crippen LogP contribution in [0.4, 0.5) is 5.69 Å². The smallest absolute Gasteiger partial charge is 0.277 e. The Kier molecular flexibility index (Phi) is 4.48. The van der Waals surface area contributed by atoms with Gasteiger partial charge in [0.1, 0.15) is 5.70 Å². The van der Waals surface area contributed by atoms with E-state index in [9.17, 15) is 4.79 Å². The lowest BCUT2D eigenvalue weighted by atomic mass is 10.2. The summed E-state index contributed by atoms with van der Waals surface area (Å²) in [7, 11) is 2.09. The van der Waals surface area contributed by atoms with Crippen LogP contribution in [0.25, 0.3) is 0 Å². The fraction of sp³-hybridized carbons (Fsp3) is 0.333. The second-order valence-electron chi connectivity index (χ2n) is 5.74. The largest absolute Gasteiger partial charge is 0.378 e. The lowest BCUT2D eigenvalue weighted by Crippen LogP contribution is -2.32. The van der Waals surface area contributed by atoms with Crippen LogP contribution in [0.5, 0.6) is 0 Å². The Balaban J connectivity index is 2.00. The Morgan fingerprint density at radius 3 is 2.57 bits per heavy atom. The number of nitrogens with zero attached hydrogens (tertiary/aromatic N) is 3. The Labute approximate surface area is 142 Å². The first-order valence-corrected chi connectivity index (χ1v) is 8.37. The monoisotopic (exact) mass is 327 g/mol. The van der Waals surface area contributed by atoms with Crippen LogP contribution in [0.3, 0.4) is 0 Å². The van der Waals surface area contributed by atoms with Gasteiger partial charge >= 0.3 is 0 Å². The zero-order valence-corrected chi connectivity index (χ0v) is 14.3. The summed E-state index contributed by atoms with van der Waals surface area (Å²) in [6, 6.07) is 9.82. The molecule has 0 saturated carbocycles. The van der Waals surface area contributed by atoms with Crippen LogP contribution in [-0.4, -0.2) is 41.0 Å². The number of carbonyl (C=O) groups excluding carboxylic acids is 1. The van der Waals surface area contributed by atoms with E-state index in [1.807, 2.05) is 48.2 Å². The maximum Gasteiger partial charge on any atom is 0.277 e. The highest BCUT2D eigenvalue weighted by atomic mass is 32.1. The van der Waals surface area contributed by atoms with Crippen molar-refractivity contribution in [1.29, 1.82) is 0 Å². The molecule has 1 amide bonds. The van der Waals surface area contributed by atoms with Crippen LogP contribution in [0, 0.1) is 0 Å². The minimum Gasteiger partial charge on any atom is -0.378 e. The Morgan fingerprint density at radius 1 is 1.22 bits per heavy atom. The Hall–Kier alpha value is -2.14. The van der Waals surface area contributed by atoms with Crippen molar-refractivity contribution in [1.82, 2.24) is 9.80 Å². The van der Waals surface area contributed by atoms with Gasteiger partial charge in [-0.15, -0.1) is 0 Å². The fourth-order valence-corrected chi connectivity index (χ4v) is 3.43. The number of hydrogen-bond donors (Lipinski definition) is 0. The van der Waals surface area contributed by atoms with Gasteiger partial charge in [-0.05, 0) is 56.3 Å². The van der Waals surface area contributed by atoms with Gasteiger partial charge in [0.05, 0.1) is 0 Å². The van der Waals surface area contributed by atoms with Gasteiger partial charge in [-0.3, -0.25) is 14.6 Å². The molecule has 2 fully saturated rings. The van der Waals surface area contributed by atoms with Gasteiger partial charge < -0.3 is 4.90 Å². The number of likely N-dealkylation sites (N-methyl/N-ethyl adjacent to an activating group) is 1. The molecule has 2 aliphatic heterocycles. The summed E-state index contributed by atoms with van der Waals surface area (Å²) in [5.41, 5.74) is 2.81. The highest BCUT2D eigenvalue weighted by Gasteiger charge is 2.37. The molecular weight excluding hydrogens is 306 g/mol. The van der Waals surface area contributed by atoms with E-state index in [1.54, 1.807) is 4.90 Å². The van der Waals surface area contributed by atoms with Crippen molar-refractivity contribution in [2.75, 3.05) is 25.0 Å². The average molecular weight is 327 g/mol. The first-order valence-electron chi connectivity index (χ1n) is 7.96. The molecule has 5 heteroatoms. The summed E-state index contributed by atoms with van der Waals surface area (Å²) in [6.45, 7) is 3.60. The second kappa shape index (κ2) is 6.54. The number of amides is 1. The van der Waals surface area contributed by atoms with E-state index in [1.165, 1.54) is 12.1 Å². The third-order valence-corrected chi connectivity index (χ3v) is 4.71. The number of benzene rings is 1. The number of rotatable bonds is 3. The number of hydrogen-bond acceptors (Lipinski definition) is 3. The molecule has 0 aromatic heterocycles. The molecule has 2 heterocycles. The summed E-state index contributed by atoms with van der Waals surface area (Å²) >= 11 is 5.53. The third-order valence-electron chi connectivity index (χ3n) is 4.31. The average Bonchev–Trinajstić information content (AvgIpc) is 3.07. The maximum atomic E-state index is 12.7. The zero-order chi connectivity index (χ0) is 16.4. The predicted molar refractivity (Wildman–Crippen MR) is 96.9 cm³/mol. The highest BCUT2D eigenvalue weighted by Crippen LogP contribution is 2.29. The quantitative estimate of drug-likeness (QED) is 0.629. The predicted octanol–water partition coefficient (Wildman–Crippen LogP) is 3.13. The molecule has 2 aliphatic rings. The molecule has 0 bridgehead atoms. The van der Waals surface area contributed by atoms with Crippen molar-refractivity contribution in [2.45, 2.75) is 19.8 Å². The zero-order valence-electron chi connectivity index (χ0n) is 13.5. The van der Waals surface area contributed by atoms with Crippen LogP contribution in [0.15, 0.2) is 53.9 Å². The molecule has 0 unspecified atom stereocenters. The van der Waals surface area contributed by atoms with E-state index in [0.29, 0.717) is 17.4 Å². The SMILES string of the molecule is CCN1C(=O)/C(=C/C=C2\CCCN2C)N(c2ccccc2)C1=S. The minimum atomic E-state index is -0.0288. The van der Waals surface area contributed by atoms with Crippen molar-refractivity contribution in [3.8, 4) is 0 Å². The van der Waals surface area contributed by atoms with E-state index >= 15 is 0 Å². The van der Waals surface area contributed by atoms with Crippen LogP contribution in [0.1, 0.15) is 19.8 Å². The van der Waals surface area contributed by atoms with Crippen LogP contribution >= 0.6 is 12.2 Å². The number of allylic oxidation sites excluding steroid dienone is 3. The van der Waals surface area contributed by atoms with E-state index in [2.05, 4.69) is 18.0 Å². The number of anilines is 1. The molecular formula is C18H21N3OS. The van der Waals surface area contributed by atoms with Gasteiger partial charge in [-0.1, -0.05) is 18.2 Å². The van der Waals surface area contributed by atoms with Gasteiger partial charge in [0.25, 0.3) is 5.91 Å². The minimum absolute atomic E-state index is 0.0288. The topological polar surface area (TPSA) is 26.8 Å². The lowest BCUT2D eigenvalue weighted by Gasteiger charge is -2.19.